The van der Waals surface area contributed by atoms with Crippen LogP contribution in [0.4, 0.5) is 5.69 Å². The zero-order valence-corrected chi connectivity index (χ0v) is 14.8. The fourth-order valence-corrected chi connectivity index (χ4v) is 3.39. The van der Waals surface area contributed by atoms with E-state index in [1.54, 1.807) is 24.4 Å². The molecule has 1 aromatic heterocycles. The molecule has 6 nitrogen and oxygen atoms in total. The number of aliphatic hydroxyl groups excluding tert-OH is 1. The lowest BCUT2D eigenvalue weighted by Crippen LogP contribution is -2.38. The number of carbonyl (C=O) groups excluding carboxylic acids is 2. The van der Waals surface area contributed by atoms with Crippen LogP contribution in [-0.4, -0.2) is 33.4 Å². The normalized spacial score (nSPS) is 20.1. The topological polar surface area (TPSA) is 91.3 Å². The maximum Gasteiger partial charge on any atom is 0.267 e. The first-order valence-corrected chi connectivity index (χ1v) is 9.12. The van der Waals surface area contributed by atoms with Crippen molar-refractivity contribution in [3.63, 3.8) is 0 Å². The number of nitrogens with one attached hydrogen (secondary N) is 2. The summed E-state index contributed by atoms with van der Waals surface area (Å²) in [4.78, 5) is 25.2. The summed E-state index contributed by atoms with van der Waals surface area (Å²) in [5.74, 6) is -0.390. The van der Waals surface area contributed by atoms with Crippen molar-refractivity contribution in [1.29, 1.82) is 0 Å². The Morgan fingerprint density at radius 2 is 1.92 bits per heavy atom. The van der Waals surface area contributed by atoms with Gasteiger partial charge in [0.15, 0.2) is 0 Å². The third kappa shape index (κ3) is 4.43. The van der Waals surface area contributed by atoms with Crippen LogP contribution >= 0.6 is 11.5 Å². The average Bonchev–Trinajstić information content (AvgIpc) is 3.13. The Bertz CT molecular complexity index is 753. The molecule has 1 heterocycles. The van der Waals surface area contributed by atoms with Gasteiger partial charge in [0.1, 0.15) is 4.88 Å². The van der Waals surface area contributed by atoms with Gasteiger partial charge in [-0.05, 0) is 67.9 Å². The van der Waals surface area contributed by atoms with Crippen molar-refractivity contribution in [3.05, 3.63) is 46.5 Å². The van der Waals surface area contributed by atoms with Gasteiger partial charge < -0.3 is 15.7 Å². The predicted octanol–water partition coefficient (Wildman–Crippen LogP) is 2.74. The Labute approximate surface area is 150 Å². The van der Waals surface area contributed by atoms with E-state index in [-0.39, 0.29) is 24.0 Å². The second-order valence-corrected chi connectivity index (χ2v) is 7.17. The third-order valence-electron chi connectivity index (χ3n) is 4.44. The number of rotatable bonds is 4. The van der Waals surface area contributed by atoms with Crippen molar-refractivity contribution in [2.45, 2.75) is 44.8 Å². The molecule has 7 heteroatoms. The van der Waals surface area contributed by atoms with Crippen molar-refractivity contribution < 1.29 is 14.7 Å². The first-order valence-electron chi connectivity index (χ1n) is 8.34. The fraction of sp³-hybridized carbons (Fsp3) is 0.389. The summed E-state index contributed by atoms with van der Waals surface area (Å²) < 4.78 is 3.92. The van der Waals surface area contributed by atoms with Crippen molar-refractivity contribution in [2.75, 3.05) is 5.32 Å². The third-order valence-corrected chi connectivity index (χ3v) is 5.19. The van der Waals surface area contributed by atoms with Crippen LogP contribution in [0.15, 0.2) is 30.5 Å². The zero-order valence-electron chi connectivity index (χ0n) is 14.0. The van der Waals surface area contributed by atoms with E-state index in [0.29, 0.717) is 16.1 Å². The summed E-state index contributed by atoms with van der Waals surface area (Å²) >= 11 is 1.13. The molecule has 1 saturated carbocycles. The van der Waals surface area contributed by atoms with Crippen LogP contribution in [0.1, 0.15) is 51.3 Å². The molecular formula is C18H21N3O3S. The Morgan fingerprint density at radius 3 is 2.60 bits per heavy atom. The number of nitrogens with zero attached hydrogens (tertiary/aromatic N) is 1. The summed E-state index contributed by atoms with van der Waals surface area (Å²) in [5.41, 5.74) is 2.01. The number of anilines is 1. The first kappa shape index (κ1) is 17.6. The van der Waals surface area contributed by atoms with Crippen LogP contribution < -0.4 is 10.6 Å². The lowest BCUT2D eigenvalue weighted by atomic mass is 9.93. The minimum absolute atomic E-state index is 0.0902. The number of aryl methyl sites for hydroxylation is 1. The lowest BCUT2D eigenvalue weighted by Gasteiger charge is -2.26. The van der Waals surface area contributed by atoms with Gasteiger partial charge in [0.05, 0.1) is 6.10 Å². The highest BCUT2D eigenvalue weighted by atomic mass is 32.1. The van der Waals surface area contributed by atoms with Crippen molar-refractivity contribution in [2.24, 2.45) is 0 Å². The van der Waals surface area contributed by atoms with Gasteiger partial charge in [-0.2, -0.15) is 0 Å². The average molecular weight is 359 g/mol. The first-order chi connectivity index (χ1) is 12.0. The highest BCUT2D eigenvalue weighted by Crippen LogP contribution is 2.21. The van der Waals surface area contributed by atoms with Gasteiger partial charge in [-0.25, -0.2) is 4.37 Å². The summed E-state index contributed by atoms with van der Waals surface area (Å²) in [5, 5.41) is 15.4. The SMILES string of the molecule is Cc1ccc(C(=O)NC2CCC(O)CC2)cc1NC(=O)c1ccns1. The maximum atomic E-state index is 12.5. The fourth-order valence-electron chi connectivity index (χ4n) is 2.90. The molecule has 0 atom stereocenters. The van der Waals surface area contributed by atoms with Gasteiger partial charge in [0, 0.05) is 23.5 Å². The molecule has 3 N–H and O–H groups in total. The molecule has 132 valence electrons. The summed E-state index contributed by atoms with van der Waals surface area (Å²) in [6, 6.07) is 7.02. The van der Waals surface area contributed by atoms with Gasteiger partial charge in [-0.3, -0.25) is 9.59 Å². The van der Waals surface area contributed by atoms with E-state index in [4.69, 9.17) is 0 Å². The quantitative estimate of drug-likeness (QED) is 0.783. The number of amides is 2. The second-order valence-electron chi connectivity index (χ2n) is 6.34. The monoisotopic (exact) mass is 359 g/mol. The van der Waals surface area contributed by atoms with Gasteiger partial charge in [-0.15, -0.1) is 0 Å². The van der Waals surface area contributed by atoms with Crippen LogP contribution in [0.2, 0.25) is 0 Å². The smallest absolute Gasteiger partial charge is 0.267 e. The van der Waals surface area contributed by atoms with Gasteiger partial charge in [0.2, 0.25) is 0 Å². The van der Waals surface area contributed by atoms with Crippen molar-refractivity contribution in [3.8, 4) is 0 Å². The standard InChI is InChI=1S/C18H21N3O3S/c1-11-2-3-12(17(23)20-13-4-6-14(22)7-5-13)10-15(11)21-18(24)16-8-9-19-25-16/h2-3,8-10,13-14,22H,4-7H2,1H3,(H,20,23)(H,21,24). The van der Waals surface area contributed by atoms with Gasteiger partial charge in [0.25, 0.3) is 11.8 Å². The number of aromatic nitrogens is 1. The van der Waals surface area contributed by atoms with Crippen LogP contribution in [-0.2, 0) is 0 Å². The lowest BCUT2D eigenvalue weighted by molar-refractivity contribution is 0.0867. The molecule has 0 radical (unpaired) electrons. The van der Waals surface area contributed by atoms with Crippen LogP contribution in [0, 0.1) is 6.92 Å². The molecule has 1 aliphatic rings. The van der Waals surface area contributed by atoms with Crippen LogP contribution in [0.25, 0.3) is 0 Å². The van der Waals surface area contributed by atoms with E-state index in [2.05, 4.69) is 15.0 Å². The Morgan fingerprint density at radius 1 is 1.16 bits per heavy atom. The highest BCUT2D eigenvalue weighted by Gasteiger charge is 2.21. The molecule has 2 amide bonds. The van der Waals surface area contributed by atoms with E-state index in [0.717, 1.165) is 42.8 Å². The largest absolute Gasteiger partial charge is 0.393 e. The van der Waals surface area contributed by atoms with E-state index in [1.165, 1.54) is 0 Å². The molecule has 0 saturated heterocycles. The molecule has 0 spiro atoms. The molecule has 1 aromatic carbocycles. The molecule has 1 aliphatic carbocycles. The summed E-state index contributed by atoms with van der Waals surface area (Å²) in [7, 11) is 0. The van der Waals surface area contributed by atoms with E-state index in [1.807, 2.05) is 13.0 Å². The molecule has 0 bridgehead atoms. The molecule has 0 unspecified atom stereocenters. The Kier molecular flexibility index (Phi) is 5.45. The minimum atomic E-state index is -0.249. The second kappa shape index (κ2) is 7.76. The summed E-state index contributed by atoms with van der Waals surface area (Å²) in [6.45, 7) is 1.88. The van der Waals surface area contributed by atoms with Gasteiger partial charge in [-0.1, -0.05) is 6.07 Å². The highest BCUT2D eigenvalue weighted by molar-refractivity contribution is 7.08. The maximum absolute atomic E-state index is 12.5. The number of aliphatic hydroxyl groups is 1. The van der Waals surface area contributed by atoms with Gasteiger partial charge >= 0.3 is 0 Å². The Balaban J connectivity index is 1.68. The van der Waals surface area contributed by atoms with Crippen molar-refractivity contribution in [1.82, 2.24) is 9.69 Å². The van der Waals surface area contributed by atoms with E-state index in [9.17, 15) is 14.7 Å². The number of benzene rings is 1. The summed E-state index contributed by atoms with van der Waals surface area (Å²) in [6.07, 6.45) is 4.34. The number of hydrogen-bond donors (Lipinski definition) is 3. The molecule has 3 rings (SSSR count). The van der Waals surface area contributed by atoms with Crippen LogP contribution in [0.3, 0.4) is 0 Å². The minimum Gasteiger partial charge on any atom is -0.393 e. The zero-order chi connectivity index (χ0) is 17.8. The number of hydrogen-bond acceptors (Lipinski definition) is 5. The molecule has 2 aromatic rings. The predicted molar refractivity (Wildman–Crippen MR) is 97.0 cm³/mol. The van der Waals surface area contributed by atoms with E-state index < -0.39 is 0 Å². The molecular weight excluding hydrogens is 338 g/mol. The van der Waals surface area contributed by atoms with E-state index >= 15 is 0 Å². The molecule has 0 aliphatic heterocycles. The molecule has 1 fully saturated rings. The number of carbonyl (C=O) groups is 2. The van der Waals surface area contributed by atoms with Crippen molar-refractivity contribution >= 4 is 29.0 Å². The molecule has 25 heavy (non-hydrogen) atoms. The van der Waals surface area contributed by atoms with Crippen LogP contribution in [0.5, 0.6) is 0 Å². The Hall–Kier alpha value is -2.25.